The Morgan fingerprint density at radius 3 is 3.00 bits per heavy atom. The molecule has 2 N–H and O–H groups in total. The Morgan fingerprint density at radius 2 is 2.20 bits per heavy atom. The van der Waals surface area contributed by atoms with E-state index in [0.29, 0.717) is 19.0 Å². The van der Waals surface area contributed by atoms with E-state index in [4.69, 9.17) is 9.84 Å². The van der Waals surface area contributed by atoms with Crippen molar-refractivity contribution in [2.45, 2.75) is 0 Å². The van der Waals surface area contributed by atoms with Crippen LogP contribution in [0.4, 0.5) is 11.5 Å². The van der Waals surface area contributed by atoms with Crippen LogP contribution in [0, 0.1) is 10.1 Å². The highest BCUT2D eigenvalue weighted by Crippen LogP contribution is 2.37. The molecule has 8 nitrogen and oxygen atoms in total. The van der Waals surface area contributed by atoms with E-state index in [-0.39, 0.29) is 18.9 Å². The number of thiophene rings is 1. The van der Waals surface area contributed by atoms with Gasteiger partial charge in [-0.05, 0) is 5.56 Å². The van der Waals surface area contributed by atoms with E-state index in [2.05, 4.69) is 15.3 Å². The van der Waals surface area contributed by atoms with Gasteiger partial charge in [-0.3, -0.25) is 10.1 Å². The molecule has 0 aliphatic heterocycles. The lowest BCUT2D eigenvalue weighted by Gasteiger charge is -2.08. The van der Waals surface area contributed by atoms with Gasteiger partial charge in [-0.1, -0.05) is 12.1 Å². The number of hydrogen-bond donors (Lipinski definition) is 2. The fraction of sp³-hybridized carbons (Fsp3) is 0.250. The van der Waals surface area contributed by atoms with Gasteiger partial charge in [0.05, 0.1) is 30.1 Å². The number of ether oxygens (including phenoxy) is 1. The van der Waals surface area contributed by atoms with E-state index in [1.165, 1.54) is 23.7 Å². The van der Waals surface area contributed by atoms with Crippen LogP contribution in [0.2, 0.25) is 0 Å². The van der Waals surface area contributed by atoms with Gasteiger partial charge >= 0.3 is 0 Å². The molecule has 0 bridgehead atoms. The molecule has 25 heavy (non-hydrogen) atoms. The summed E-state index contributed by atoms with van der Waals surface area (Å²) in [5, 5.41) is 25.7. The maximum Gasteiger partial charge on any atom is 0.270 e. The van der Waals surface area contributed by atoms with E-state index in [1.54, 1.807) is 12.1 Å². The first-order valence-corrected chi connectivity index (χ1v) is 8.48. The van der Waals surface area contributed by atoms with Crippen molar-refractivity contribution in [3.63, 3.8) is 0 Å². The second-order valence-electron chi connectivity index (χ2n) is 5.12. The van der Waals surface area contributed by atoms with Crippen LogP contribution in [0.5, 0.6) is 0 Å². The van der Waals surface area contributed by atoms with Crippen LogP contribution in [0.15, 0.2) is 36.0 Å². The van der Waals surface area contributed by atoms with Crippen LogP contribution in [-0.4, -0.2) is 46.4 Å². The smallest absolute Gasteiger partial charge is 0.270 e. The van der Waals surface area contributed by atoms with E-state index >= 15 is 0 Å². The fourth-order valence-corrected chi connectivity index (χ4v) is 3.33. The van der Waals surface area contributed by atoms with Gasteiger partial charge in [-0.2, -0.15) is 0 Å². The van der Waals surface area contributed by atoms with Crippen molar-refractivity contribution in [3.8, 4) is 11.1 Å². The summed E-state index contributed by atoms with van der Waals surface area (Å²) < 4.78 is 5.23. The predicted octanol–water partition coefficient (Wildman–Crippen LogP) is 2.69. The summed E-state index contributed by atoms with van der Waals surface area (Å²) in [6.07, 6.45) is 1.48. The lowest BCUT2D eigenvalue weighted by atomic mass is 10.1. The van der Waals surface area contributed by atoms with Crippen LogP contribution in [0.3, 0.4) is 0 Å². The van der Waals surface area contributed by atoms with Gasteiger partial charge in [0.15, 0.2) is 0 Å². The van der Waals surface area contributed by atoms with Crippen molar-refractivity contribution in [1.82, 2.24) is 9.97 Å². The van der Waals surface area contributed by atoms with Gasteiger partial charge in [0, 0.05) is 29.6 Å². The third-order valence-corrected chi connectivity index (χ3v) is 4.40. The molecule has 0 saturated heterocycles. The Balaban J connectivity index is 1.91. The fourth-order valence-electron chi connectivity index (χ4n) is 2.42. The predicted molar refractivity (Wildman–Crippen MR) is 95.9 cm³/mol. The standard InChI is InChI=1S/C16H16N4O4S/c21-5-7-24-6-4-17-15-14-13(9-25-16(14)19-10-18-15)11-2-1-3-12(8-11)20(22)23/h1-3,8-10,21H,4-7H2,(H,17,18,19). The minimum absolute atomic E-state index is 0.0147. The van der Waals surface area contributed by atoms with Gasteiger partial charge in [-0.15, -0.1) is 11.3 Å². The highest BCUT2D eigenvalue weighted by Gasteiger charge is 2.15. The van der Waals surface area contributed by atoms with Crippen LogP contribution in [0.25, 0.3) is 21.3 Å². The lowest BCUT2D eigenvalue weighted by molar-refractivity contribution is -0.384. The lowest BCUT2D eigenvalue weighted by Crippen LogP contribution is -2.12. The van der Waals surface area contributed by atoms with E-state index in [1.807, 2.05) is 11.4 Å². The highest BCUT2D eigenvalue weighted by atomic mass is 32.1. The van der Waals surface area contributed by atoms with E-state index in [0.717, 1.165) is 21.3 Å². The summed E-state index contributed by atoms with van der Waals surface area (Å²) in [7, 11) is 0. The molecule has 130 valence electrons. The molecule has 1 aromatic carbocycles. The van der Waals surface area contributed by atoms with Gasteiger partial charge in [0.1, 0.15) is 17.0 Å². The topological polar surface area (TPSA) is 110 Å². The molecule has 3 aromatic rings. The number of nitrogens with zero attached hydrogens (tertiary/aromatic N) is 3. The number of fused-ring (bicyclic) bond motifs is 1. The summed E-state index contributed by atoms with van der Waals surface area (Å²) in [6, 6.07) is 6.50. The first-order chi connectivity index (χ1) is 12.2. The number of rotatable bonds is 8. The third-order valence-electron chi connectivity index (χ3n) is 3.51. The number of nitro groups is 1. The summed E-state index contributed by atoms with van der Waals surface area (Å²) in [5.41, 5.74) is 1.64. The van der Waals surface area contributed by atoms with Gasteiger partial charge in [-0.25, -0.2) is 9.97 Å². The van der Waals surface area contributed by atoms with Gasteiger partial charge < -0.3 is 15.2 Å². The Labute approximate surface area is 147 Å². The molecule has 2 heterocycles. The molecular formula is C16H16N4O4S. The van der Waals surface area contributed by atoms with Crippen molar-refractivity contribution in [1.29, 1.82) is 0 Å². The number of nitrogens with one attached hydrogen (secondary N) is 1. The summed E-state index contributed by atoms with van der Waals surface area (Å²) in [4.78, 5) is 20.0. The quantitative estimate of drug-likeness (QED) is 0.361. The monoisotopic (exact) mass is 360 g/mol. The zero-order chi connectivity index (χ0) is 17.6. The number of hydrogen-bond acceptors (Lipinski definition) is 8. The molecular weight excluding hydrogens is 344 g/mol. The Bertz CT molecular complexity index is 883. The highest BCUT2D eigenvalue weighted by molar-refractivity contribution is 7.17. The normalized spacial score (nSPS) is 10.9. The van der Waals surface area contributed by atoms with Gasteiger partial charge in [0.25, 0.3) is 5.69 Å². The third kappa shape index (κ3) is 3.90. The molecule has 0 radical (unpaired) electrons. The summed E-state index contributed by atoms with van der Waals surface area (Å²) in [6.45, 7) is 1.23. The molecule has 0 aliphatic rings. The van der Waals surface area contributed by atoms with E-state index < -0.39 is 4.92 Å². The molecule has 2 aromatic heterocycles. The van der Waals surface area contributed by atoms with Crippen molar-refractivity contribution in [2.75, 3.05) is 31.7 Å². The van der Waals surface area contributed by atoms with Crippen molar-refractivity contribution >= 4 is 33.1 Å². The van der Waals surface area contributed by atoms with Crippen molar-refractivity contribution < 1.29 is 14.8 Å². The van der Waals surface area contributed by atoms with Crippen molar-refractivity contribution in [2.24, 2.45) is 0 Å². The van der Waals surface area contributed by atoms with Crippen molar-refractivity contribution in [3.05, 3.63) is 46.1 Å². The first kappa shape index (κ1) is 17.2. The largest absolute Gasteiger partial charge is 0.394 e. The number of nitro benzene ring substituents is 1. The number of aliphatic hydroxyl groups excluding tert-OH is 1. The number of aliphatic hydroxyl groups is 1. The number of non-ortho nitro benzene ring substituents is 1. The molecule has 0 amide bonds. The average Bonchev–Trinajstić information content (AvgIpc) is 3.06. The second kappa shape index (κ2) is 7.97. The molecule has 0 atom stereocenters. The Morgan fingerprint density at radius 1 is 1.32 bits per heavy atom. The zero-order valence-electron chi connectivity index (χ0n) is 13.2. The first-order valence-electron chi connectivity index (χ1n) is 7.60. The molecule has 0 spiro atoms. The minimum Gasteiger partial charge on any atom is -0.394 e. The SMILES string of the molecule is O=[N+]([O-])c1cccc(-c2csc3ncnc(NCCOCCO)c23)c1. The molecule has 0 fully saturated rings. The molecule has 0 aliphatic carbocycles. The number of anilines is 1. The molecule has 3 rings (SSSR count). The molecule has 9 heteroatoms. The number of benzene rings is 1. The minimum atomic E-state index is -0.410. The van der Waals surface area contributed by atoms with Crippen LogP contribution in [-0.2, 0) is 4.74 Å². The zero-order valence-corrected chi connectivity index (χ0v) is 14.0. The average molecular weight is 360 g/mol. The van der Waals surface area contributed by atoms with Crippen LogP contribution >= 0.6 is 11.3 Å². The molecule has 0 saturated carbocycles. The summed E-state index contributed by atoms with van der Waals surface area (Å²) in [5.74, 6) is 0.653. The maximum absolute atomic E-state index is 11.0. The Kier molecular flexibility index (Phi) is 5.49. The van der Waals surface area contributed by atoms with Gasteiger partial charge in [0.2, 0.25) is 0 Å². The maximum atomic E-state index is 11.0. The van der Waals surface area contributed by atoms with E-state index in [9.17, 15) is 10.1 Å². The van der Waals surface area contributed by atoms with Crippen LogP contribution < -0.4 is 5.32 Å². The molecule has 0 unspecified atom stereocenters. The Hall–Kier alpha value is -2.62. The summed E-state index contributed by atoms with van der Waals surface area (Å²) >= 11 is 1.46. The number of aromatic nitrogens is 2. The van der Waals surface area contributed by atoms with Crippen LogP contribution in [0.1, 0.15) is 0 Å². The second-order valence-corrected chi connectivity index (χ2v) is 5.98.